The van der Waals surface area contributed by atoms with Crippen LogP contribution in [0.25, 0.3) is 0 Å². The minimum Gasteiger partial charge on any atom is -0.496 e. The molecule has 1 aromatic carbocycles. The molecule has 0 radical (unpaired) electrons. The van der Waals surface area contributed by atoms with Crippen LogP contribution in [0.3, 0.4) is 0 Å². The molecule has 0 spiro atoms. The van der Waals surface area contributed by atoms with Crippen molar-refractivity contribution >= 4 is 0 Å². The van der Waals surface area contributed by atoms with Crippen molar-refractivity contribution in [2.75, 3.05) is 33.8 Å². The van der Waals surface area contributed by atoms with Crippen LogP contribution in [0.2, 0.25) is 0 Å². The Balaban J connectivity index is 2.57. The van der Waals surface area contributed by atoms with Crippen LogP contribution >= 0.6 is 0 Å². The van der Waals surface area contributed by atoms with Crippen LogP contribution < -0.4 is 10.1 Å². The zero-order valence-electron chi connectivity index (χ0n) is 11.4. The number of ether oxygens (including phenoxy) is 1. The number of methoxy groups -OCH3 is 1. The summed E-state index contributed by atoms with van der Waals surface area (Å²) in [4.78, 5) is 2.31. The first kappa shape index (κ1) is 14.0. The first-order chi connectivity index (χ1) is 8.17. The molecule has 0 fully saturated rings. The van der Waals surface area contributed by atoms with E-state index in [-0.39, 0.29) is 0 Å². The summed E-state index contributed by atoms with van der Waals surface area (Å²) in [6.45, 7) is 8.27. The summed E-state index contributed by atoms with van der Waals surface area (Å²) in [6, 6.07) is 6.33. The second-order valence-electron chi connectivity index (χ2n) is 4.41. The molecule has 0 saturated carbocycles. The highest BCUT2D eigenvalue weighted by molar-refractivity contribution is 5.36. The van der Waals surface area contributed by atoms with Crippen molar-refractivity contribution in [1.29, 1.82) is 0 Å². The van der Waals surface area contributed by atoms with Gasteiger partial charge in [0.25, 0.3) is 0 Å². The van der Waals surface area contributed by atoms with Crippen LogP contribution in [0.15, 0.2) is 18.2 Å². The molecule has 1 aromatic rings. The summed E-state index contributed by atoms with van der Waals surface area (Å²) < 4.78 is 5.38. The van der Waals surface area contributed by atoms with E-state index < -0.39 is 0 Å². The lowest BCUT2D eigenvalue weighted by molar-refractivity contribution is 0.316. The number of nitrogens with one attached hydrogen (secondary N) is 1. The lowest BCUT2D eigenvalue weighted by Crippen LogP contribution is -2.28. The summed E-state index contributed by atoms with van der Waals surface area (Å²) in [6.07, 6.45) is 0. The van der Waals surface area contributed by atoms with Gasteiger partial charge in [0.05, 0.1) is 7.11 Å². The number of rotatable bonds is 7. The van der Waals surface area contributed by atoms with Gasteiger partial charge < -0.3 is 15.0 Å². The Hall–Kier alpha value is -1.06. The minimum absolute atomic E-state index is 0.927. The molecule has 3 heteroatoms. The first-order valence-electron chi connectivity index (χ1n) is 6.20. The van der Waals surface area contributed by atoms with Gasteiger partial charge in [-0.3, -0.25) is 0 Å². The van der Waals surface area contributed by atoms with Gasteiger partial charge in [0.1, 0.15) is 5.75 Å². The second kappa shape index (κ2) is 7.30. The molecule has 0 unspecified atom stereocenters. The van der Waals surface area contributed by atoms with Crippen LogP contribution in [0.5, 0.6) is 5.75 Å². The van der Waals surface area contributed by atoms with Crippen molar-refractivity contribution in [3.8, 4) is 5.75 Å². The van der Waals surface area contributed by atoms with Gasteiger partial charge in [0.15, 0.2) is 0 Å². The average molecular weight is 236 g/mol. The quantitative estimate of drug-likeness (QED) is 0.733. The fraction of sp³-hybridized carbons (Fsp3) is 0.571. The predicted molar refractivity (Wildman–Crippen MR) is 72.6 cm³/mol. The molecule has 0 saturated heterocycles. The third-order valence-corrected chi connectivity index (χ3v) is 2.80. The molecule has 0 aliphatic carbocycles. The summed E-state index contributed by atoms with van der Waals surface area (Å²) >= 11 is 0. The van der Waals surface area contributed by atoms with Crippen molar-refractivity contribution in [1.82, 2.24) is 10.2 Å². The molecule has 0 atom stereocenters. The van der Waals surface area contributed by atoms with Gasteiger partial charge in [-0.2, -0.15) is 0 Å². The predicted octanol–water partition coefficient (Wildman–Crippen LogP) is 2.04. The molecule has 0 aliphatic rings. The Kier molecular flexibility index (Phi) is 6.01. The van der Waals surface area contributed by atoms with Crippen LogP contribution in [-0.2, 0) is 6.54 Å². The van der Waals surface area contributed by atoms with Crippen LogP contribution in [0.4, 0.5) is 0 Å². The van der Waals surface area contributed by atoms with Crippen LogP contribution in [0.1, 0.15) is 18.1 Å². The van der Waals surface area contributed by atoms with E-state index in [0.29, 0.717) is 0 Å². The first-order valence-corrected chi connectivity index (χ1v) is 6.20. The Morgan fingerprint density at radius 1 is 1.35 bits per heavy atom. The molecule has 0 heterocycles. The molecule has 1 rings (SSSR count). The van der Waals surface area contributed by atoms with Gasteiger partial charge in [0, 0.05) is 25.2 Å². The molecular formula is C14H24N2O. The lowest BCUT2D eigenvalue weighted by atomic mass is 10.1. The monoisotopic (exact) mass is 236 g/mol. The van der Waals surface area contributed by atoms with Crippen LogP contribution in [0, 0.1) is 6.92 Å². The van der Waals surface area contributed by atoms with E-state index in [2.05, 4.69) is 43.2 Å². The van der Waals surface area contributed by atoms with E-state index in [0.717, 1.165) is 31.9 Å². The maximum Gasteiger partial charge on any atom is 0.123 e. The summed E-state index contributed by atoms with van der Waals surface area (Å²) in [5, 5.41) is 3.33. The molecule has 0 aromatic heterocycles. The molecule has 96 valence electrons. The standard InChI is InChI=1S/C14H24N2O/c1-5-15-8-9-16(3)11-13-10-12(2)6-7-14(13)17-4/h6-7,10,15H,5,8-9,11H2,1-4H3. The number of hydrogen-bond acceptors (Lipinski definition) is 3. The maximum atomic E-state index is 5.38. The average Bonchev–Trinajstić information content (AvgIpc) is 2.29. The number of aryl methyl sites for hydroxylation is 1. The van der Waals surface area contributed by atoms with E-state index in [1.165, 1.54) is 11.1 Å². The number of hydrogen-bond donors (Lipinski definition) is 1. The Labute approximate surface area is 105 Å². The van der Waals surface area contributed by atoms with Crippen molar-refractivity contribution < 1.29 is 4.74 Å². The molecule has 0 bridgehead atoms. The fourth-order valence-electron chi connectivity index (χ4n) is 1.85. The number of benzene rings is 1. The Morgan fingerprint density at radius 3 is 2.76 bits per heavy atom. The highest BCUT2D eigenvalue weighted by Crippen LogP contribution is 2.20. The van der Waals surface area contributed by atoms with Crippen molar-refractivity contribution in [3.63, 3.8) is 0 Å². The molecule has 0 amide bonds. The summed E-state index contributed by atoms with van der Waals surface area (Å²) in [5.41, 5.74) is 2.53. The Bertz CT molecular complexity index is 339. The maximum absolute atomic E-state index is 5.38. The zero-order chi connectivity index (χ0) is 12.7. The molecular weight excluding hydrogens is 212 g/mol. The minimum atomic E-state index is 0.927. The van der Waals surface area contributed by atoms with Gasteiger partial charge in [-0.15, -0.1) is 0 Å². The number of likely N-dealkylation sites (N-methyl/N-ethyl adjacent to an activating group) is 2. The third kappa shape index (κ3) is 4.75. The molecule has 3 nitrogen and oxygen atoms in total. The van der Waals surface area contributed by atoms with Crippen molar-refractivity contribution in [2.24, 2.45) is 0 Å². The second-order valence-corrected chi connectivity index (χ2v) is 4.41. The number of nitrogens with zero attached hydrogens (tertiary/aromatic N) is 1. The van der Waals surface area contributed by atoms with Gasteiger partial charge in [-0.05, 0) is 26.6 Å². The van der Waals surface area contributed by atoms with E-state index in [1.54, 1.807) is 7.11 Å². The smallest absolute Gasteiger partial charge is 0.123 e. The normalized spacial score (nSPS) is 10.9. The van der Waals surface area contributed by atoms with E-state index in [4.69, 9.17) is 4.74 Å². The van der Waals surface area contributed by atoms with Gasteiger partial charge in [0.2, 0.25) is 0 Å². The molecule has 17 heavy (non-hydrogen) atoms. The van der Waals surface area contributed by atoms with E-state index >= 15 is 0 Å². The van der Waals surface area contributed by atoms with Gasteiger partial charge in [-0.25, -0.2) is 0 Å². The van der Waals surface area contributed by atoms with E-state index in [1.807, 2.05) is 6.07 Å². The topological polar surface area (TPSA) is 24.5 Å². The van der Waals surface area contributed by atoms with Crippen LogP contribution in [-0.4, -0.2) is 38.7 Å². The SMILES string of the molecule is CCNCCN(C)Cc1cc(C)ccc1OC. The third-order valence-electron chi connectivity index (χ3n) is 2.80. The molecule has 1 N–H and O–H groups in total. The molecule has 0 aliphatic heterocycles. The Morgan fingerprint density at radius 2 is 2.12 bits per heavy atom. The fourth-order valence-corrected chi connectivity index (χ4v) is 1.85. The lowest BCUT2D eigenvalue weighted by Gasteiger charge is -2.18. The van der Waals surface area contributed by atoms with Crippen molar-refractivity contribution in [2.45, 2.75) is 20.4 Å². The van der Waals surface area contributed by atoms with Crippen molar-refractivity contribution in [3.05, 3.63) is 29.3 Å². The highest BCUT2D eigenvalue weighted by Gasteiger charge is 2.06. The van der Waals surface area contributed by atoms with E-state index in [9.17, 15) is 0 Å². The summed E-state index contributed by atoms with van der Waals surface area (Å²) in [5.74, 6) is 0.978. The largest absolute Gasteiger partial charge is 0.496 e. The highest BCUT2D eigenvalue weighted by atomic mass is 16.5. The zero-order valence-corrected chi connectivity index (χ0v) is 11.4. The van der Waals surface area contributed by atoms with Gasteiger partial charge >= 0.3 is 0 Å². The van der Waals surface area contributed by atoms with Gasteiger partial charge in [-0.1, -0.05) is 24.6 Å². The summed E-state index contributed by atoms with van der Waals surface area (Å²) in [7, 11) is 3.87.